The van der Waals surface area contributed by atoms with E-state index in [0.29, 0.717) is 16.9 Å². The van der Waals surface area contributed by atoms with Crippen LogP contribution in [0.25, 0.3) is 21.7 Å². The van der Waals surface area contributed by atoms with Gasteiger partial charge in [-0.3, -0.25) is 4.79 Å². The molecule has 0 aliphatic carbocycles. The fourth-order valence-electron chi connectivity index (χ4n) is 2.24. The van der Waals surface area contributed by atoms with Gasteiger partial charge in [-0.1, -0.05) is 30.3 Å². The average Bonchev–Trinajstić information content (AvgIpc) is 2.38. The molecule has 0 radical (unpaired) electrons. The molecule has 1 heterocycles. The molecule has 0 saturated heterocycles. The topological polar surface area (TPSA) is 42.2 Å². The Morgan fingerprint density at radius 1 is 1.05 bits per heavy atom. The van der Waals surface area contributed by atoms with Gasteiger partial charge in [0.15, 0.2) is 11.3 Å². The second kappa shape index (κ2) is 4.43. The summed E-state index contributed by atoms with van der Waals surface area (Å²) in [5, 5.41) is 5.79. The molecule has 0 unspecified atom stereocenters. The summed E-state index contributed by atoms with van der Waals surface area (Å²) in [7, 11) is 0. The van der Waals surface area contributed by atoms with Gasteiger partial charge in [-0.15, -0.1) is 0 Å². The Bertz CT molecular complexity index is 803. The Kier molecular flexibility index (Phi) is 2.75. The predicted molar refractivity (Wildman–Crippen MR) is 78.7 cm³/mol. The lowest BCUT2D eigenvalue weighted by Gasteiger charge is -2.10. The minimum absolute atomic E-state index is 0.0184. The summed E-state index contributed by atoms with van der Waals surface area (Å²) in [6, 6.07) is 13.4. The Morgan fingerprint density at radius 2 is 1.84 bits per heavy atom. The Labute approximate surface area is 110 Å². The zero-order chi connectivity index (χ0) is 13.4. The lowest BCUT2D eigenvalue weighted by molar-refractivity contribution is 0.609. The third-order valence-electron chi connectivity index (χ3n) is 3.05. The molecule has 0 saturated carbocycles. The van der Waals surface area contributed by atoms with Crippen LogP contribution in [0.3, 0.4) is 0 Å². The van der Waals surface area contributed by atoms with E-state index in [2.05, 4.69) is 5.32 Å². The van der Waals surface area contributed by atoms with Crippen molar-refractivity contribution in [1.29, 1.82) is 0 Å². The standard InChI is InChI=1S/C16H15NO2/c1-10(2)17-15-9-14(18)13-8-7-11-5-3-4-6-12(11)16(13)19-15/h3-10,17H,1-2H3. The van der Waals surface area contributed by atoms with Crippen molar-refractivity contribution in [3.05, 3.63) is 52.7 Å². The largest absolute Gasteiger partial charge is 0.440 e. The highest BCUT2D eigenvalue weighted by molar-refractivity contribution is 6.04. The van der Waals surface area contributed by atoms with Crippen LogP contribution in [0, 0.1) is 0 Å². The Morgan fingerprint density at radius 3 is 2.63 bits per heavy atom. The molecule has 0 aliphatic rings. The highest BCUT2D eigenvalue weighted by atomic mass is 16.3. The molecule has 0 bridgehead atoms. The summed E-state index contributed by atoms with van der Waals surface area (Å²) < 4.78 is 5.86. The lowest BCUT2D eigenvalue weighted by atomic mass is 10.1. The van der Waals surface area contributed by atoms with Gasteiger partial charge in [-0.25, -0.2) is 0 Å². The molecule has 3 aromatic rings. The number of fused-ring (bicyclic) bond motifs is 3. The highest BCUT2D eigenvalue weighted by Crippen LogP contribution is 2.25. The molecular weight excluding hydrogens is 238 g/mol. The average molecular weight is 253 g/mol. The van der Waals surface area contributed by atoms with Crippen LogP contribution in [0.5, 0.6) is 0 Å². The van der Waals surface area contributed by atoms with Crippen LogP contribution in [0.1, 0.15) is 13.8 Å². The third-order valence-corrected chi connectivity index (χ3v) is 3.05. The van der Waals surface area contributed by atoms with Crippen molar-refractivity contribution in [2.45, 2.75) is 19.9 Å². The number of benzene rings is 2. The molecule has 0 fully saturated rings. The second-order valence-corrected chi connectivity index (χ2v) is 4.94. The van der Waals surface area contributed by atoms with Crippen LogP contribution < -0.4 is 10.7 Å². The molecule has 0 amide bonds. The Hall–Kier alpha value is -2.29. The van der Waals surface area contributed by atoms with Gasteiger partial charge in [-0.2, -0.15) is 0 Å². The highest BCUT2D eigenvalue weighted by Gasteiger charge is 2.08. The van der Waals surface area contributed by atoms with Crippen LogP contribution >= 0.6 is 0 Å². The van der Waals surface area contributed by atoms with E-state index in [1.54, 1.807) is 0 Å². The fourth-order valence-corrected chi connectivity index (χ4v) is 2.24. The van der Waals surface area contributed by atoms with Crippen LogP contribution in [-0.4, -0.2) is 6.04 Å². The van der Waals surface area contributed by atoms with E-state index in [1.165, 1.54) is 6.07 Å². The maximum absolute atomic E-state index is 12.1. The lowest BCUT2D eigenvalue weighted by Crippen LogP contribution is -2.12. The summed E-state index contributed by atoms with van der Waals surface area (Å²) in [6.07, 6.45) is 0. The van der Waals surface area contributed by atoms with Crippen molar-refractivity contribution in [2.75, 3.05) is 5.32 Å². The minimum Gasteiger partial charge on any atom is -0.440 e. The predicted octanol–water partition coefficient (Wildman–Crippen LogP) is 3.77. The minimum atomic E-state index is -0.0184. The normalized spacial score (nSPS) is 11.3. The molecule has 2 aromatic carbocycles. The number of anilines is 1. The number of hydrogen-bond donors (Lipinski definition) is 1. The number of hydrogen-bond acceptors (Lipinski definition) is 3. The van der Waals surface area contributed by atoms with Crippen molar-refractivity contribution in [1.82, 2.24) is 0 Å². The van der Waals surface area contributed by atoms with Crippen LogP contribution in [0.2, 0.25) is 0 Å². The zero-order valence-electron chi connectivity index (χ0n) is 10.9. The molecular formula is C16H15NO2. The van der Waals surface area contributed by atoms with E-state index in [1.807, 2.05) is 50.2 Å². The first-order chi connectivity index (χ1) is 9.15. The number of nitrogens with one attached hydrogen (secondary N) is 1. The monoisotopic (exact) mass is 253 g/mol. The molecule has 96 valence electrons. The smallest absolute Gasteiger partial charge is 0.197 e. The van der Waals surface area contributed by atoms with E-state index in [4.69, 9.17) is 4.42 Å². The van der Waals surface area contributed by atoms with Crippen LogP contribution in [0.15, 0.2) is 51.7 Å². The molecule has 3 heteroatoms. The molecule has 0 aliphatic heterocycles. The van der Waals surface area contributed by atoms with Crippen molar-refractivity contribution < 1.29 is 4.42 Å². The summed E-state index contributed by atoms with van der Waals surface area (Å²) in [5.41, 5.74) is 0.629. The molecule has 0 spiro atoms. The Balaban J connectivity index is 2.37. The zero-order valence-corrected chi connectivity index (χ0v) is 10.9. The molecule has 0 atom stereocenters. The van der Waals surface area contributed by atoms with Crippen molar-refractivity contribution in [2.24, 2.45) is 0 Å². The number of rotatable bonds is 2. The first-order valence-electron chi connectivity index (χ1n) is 6.37. The van der Waals surface area contributed by atoms with Gasteiger partial charge >= 0.3 is 0 Å². The molecule has 19 heavy (non-hydrogen) atoms. The van der Waals surface area contributed by atoms with Crippen LogP contribution in [0.4, 0.5) is 5.88 Å². The summed E-state index contributed by atoms with van der Waals surface area (Å²) in [6.45, 7) is 4.01. The SMILES string of the molecule is CC(C)Nc1cc(=O)c2ccc3ccccc3c2o1. The first-order valence-corrected chi connectivity index (χ1v) is 6.37. The maximum atomic E-state index is 12.1. The molecule has 1 N–H and O–H groups in total. The van der Waals surface area contributed by atoms with Gasteiger partial charge in [0.25, 0.3) is 0 Å². The quantitative estimate of drug-likeness (QED) is 0.707. The van der Waals surface area contributed by atoms with Crippen molar-refractivity contribution >= 4 is 27.6 Å². The van der Waals surface area contributed by atoms with Gasteiger partial charge < -0.3 is 9.73 Å². The fraction of sp³-hybridized carbons (Fsp3) is 0.188. The summed E-state index contributed by atoms with van der Waals surface area (Å²) >= 11 is 0. The summed E-state index contributed by atoms with van der Waals surface area (Å²) in [5.74, 6) is 0.517. The summed E-state index contributed by atoms with van der Waals surface area (Å²) in [4.78, 5) is 12.1. The molecule has 1 aromatic heterocycles. The van der Waals surface area contributed by atoms with Crippen LogP contribution in [-0.2, 0) is 0 Å². The first kappa shape index (κ1) is 11.8. The molecule has 3 rings (SSSR count). The van der Waals surface area contributed by atoms with Crippen molar-refractivity contribution in [3.63, 3.8) is 0 Å². The van der Waals surface area contributed by atoms with E-state index in [0.717, 1.165) is 10.8 Å². The van der Waals surface area contributed by atoms with Gasteiger partial charge in [0, 0.05) is 17.5 Å². The molecule has 3 nitrogen and oxygen atoms in total. The van der Waals surface area contributed by atoms with E-state index >= 15 is 0 Å². The van der Waals surface area contributed by atoms with Gasteiger partial charge in [-0.05, 0) is 25.3 Å². The maximum Gasteiger partial charge on any atom is 0.197 e. The van der Waals surface area contributed by atoms with Gasteiger partial charge in [0.2, 0.25) is 0 Å². The second-order valence-electron chi connectivity index (χ2n) is 4.94. The van der Waals surface area contributed by atoms with E-state index < -0.39 is 0 Å². The van der Waals surface area contributed by atoms with Gasteiger partial charge in [0.05, 0.1) is 5.39 Å². The van der Waals surface area contributed by atoms with E-state index in [9.17, 15) is 4.79 Å². The van der Waals surface area contributed by atoms with Crippen molar-refractivity contribution in [3.8, 4) is 0 Å². The third kappa shape index (κ3) is 2.08. The van der Waals surface area contributed by atoms with Gasteiger partial charge in [0.1, 0.15) is 5.58 Å². The van der Waals surface area contributed by atoms with E-state index in [-0.39, 0.29) is 11.5 Å².